The molecule has 4 amide bonds. The number of thiophene rings is 1. The Bertz CT molecular complexity index is 832. The van der Waals surface area contributed by atoms with Gasteiger partial charge in [-0.15, -0.1) is 11.3 Å². The summed E-state index contributed by atoms with van der Waals surface area (Å²) in [5, 5.41) is 4.56. The van der Waals surface area contributed by atoms with Crippen LogP contribution in [0.2, 0.25) is 4.34 Å². The van der Waals surface area contributed by atoms with Gasteiger partial charge in [-0.05, 0) is 18.6 Å². The first-order valence-corrected chi connectivity index (χ1v) is 10.6. The molecule has 2 saturated heterocycles. The van der Waals surface area contributed by atoms with Gasteiger partial charge in [0.2, 0.25) is 5.91 Å². The molecule has 0 bridgehead atoms. The minimum absolute atomic E-state index is 0.103. The Labute approximate surface area is 159 Å². The number of piperazine rings is 1. The van der Waals surface area contributed by atoms with Crippen LogP contribution in [-0.2, 0) is 19.6 Å². The molecule has 0 spiro atoms. The molecular formula is C14H17ClN4O5S2. The average Bonchev–Trinajstić information content (AvgIpc) is 3.18. The highest BCUT2D eigenvalue weighted by Gasteiger charge is 2.33. The van der Waals surface area contributed by atoms with Crippen LogP contribution in [-0.4, -0.2) is 67.7 Å². The normalized spacial score (nSPS) is 21.6. The summed E-state index contributed by atoms with van der Waals surface area (Å²) in [7, 11) is -3.60. The van der Waals surface area contributed by atoms with Crippen LogP contribution in [0.5, 0.6) is 0 Å². The predicted molar refractivity (Wildman–Crippen MR) is 94.4 cm³/mol. The molecular weight excluding hydrogens is 404 g/mol. The highest BCUT2D eigenvalue weighted by atomic mass is 35.5. The molecule has 26 heavy (non-hydrogen) atoms. The number of nitrogens with one attached hydrogen (secondary N) is 2. The van der Waals surface area contributed by atoms with E-state index in [9.17, 15) is 22.8 Å². The number of sulfonamides is 1. The Kier molecular flexibility index (Phi) is 5.51. The van der Waals surface area contributed by atoms with Crippen molar-refractivity contribution in [1.82, 2.24) is 19.8 Å². The monoisotopic (exact) mass is 420 g/mol. The molecule has 1 atom stereocenters. The predicted octanol–water partition coefficient (Wildman–Crippen LogP) is 0.223. The molecule has 0 saturated carbocycles. The number of hydrogen-bond acceptors (Lipinski definition) is 6. The maximum Gasteiger partial charge on any atom is 0.322 e. The molecule has 0 radical (unpaired) electrons. The van der Waals surface area contributed by atoms with Gasteiger partial charge >= 0.3 is 6.03 Å². The molecule has 2 N–H and O–H groups in total. The maximum absolute atomic E-state index is 12.5. The van der Waals surface area contributed by atoms with Gasteiger partial charge in [0, 0.05) is 32.6 Å². The summed E-state index contributed by atoms with van der Waals surface area (Å²) in [4.78, 5) is 36.4. The summed E-state index contributed by atoms with van der Waals surface area (Å²) < 4.78 is 27.0. The van der Waals surface area contributed by atoms with Crippen LogP contribution in [0.4, 0.5) is 4.79 Å². The third-order valence-electron chi connectivity index (χ3n) is 4.24. The van der Waals surface area contributed by atoms with Gasteiger partial charge in [0.15, 0.2) is 0 Å². The molecule has 3 rings (SSSR count). The number of amides is 4. The first-order valence-electron chi connectivity index (χ1n) is 7.92. The Balaban J connectivity index is 1.51. The van der Waals surface area contributed by atoms with Crippen molar-refractivity contribution in [2.45, 2.75) is 23.1 Å². The maximum atomic E-state index is 12.5. The minimum atomic E-state index is -3.60. The SMILES string of the molecule is O=C1NC(=O)[C@H](CCC(=O)N2CCN(S(=O)(=O)c3ccc(Cl)s3)CC2)N1. The van der Waals surface area contributed by atoms with Gasteiger partial charge in [0.05, 0.1) is 4.34 Å². The van der Waals surface area contributed by atoms with E-state index in [2.05, 4.69) is 10.6 Å². The summed E-state index contributed by atoms with van der Waals surface area (Å²) in [6.45, 7) is 0.954. The lowest BCUT2D eigenvalue weighted by Gasteiger charge is -2.33. The number of rotatable bonds is 5. The molecule has 2 aliphatic heterocycles. The second-order valence-corrected chi connectivity index (χ2v) is 9.78. The van der Waals surface area contributed by atoms with Crippen molar-refractivity contribution in [3.05, 3.63) is 16.5 Å². The van der Waals surface area contributed by atoms with Crippen LogP contribution in [0.15, 0.2) is 16.3 Å². The molecule has 0 aliphatic carbocycles. The number of halogens is 1. The van der Waals surface area contributed by atoms with Gasteiger partial charge in [0.1, 0.15) is 10.3 Å². The number of nitrogens with zero attached hydrogens (tertiary/aromatic N) is 2. The first-order chi connectivity index (χ1) is 12.3. The first kappa shape index (κ1) is 19.1. The molecule has 0 unspecified atom stereocenters. The zero-order valence-electron chi connectivity index (χ0n) is 13.6. The van der Waals surface area contributed by atoms with Crippen LogP contribution >= 0.6 is 22.9 Å². The standard InChI is InChI=1S/C14H17ClN4O5S2/c15-10-2-4-12(25-10)26(23,24)19-7-5-18(6-8-19)11(20)3-1-9-13(21)17-14(22)16-9/h2,4,9H,1,3,5-8H2,(H2,16,17,21,22)/t9-/m0/s1. The number of hydrogen-bond donors (Lipinski definition) is 2. The van der Waals surface area contributed by atoms with Crippen molar-refractivity contribution >= 4 is 50.8 Å². The average molecular weight is 421 g/mol. The van der Waals surface area contributed by atoms with Crippen LogP contribution in [0, 0.1) is 0 Å². The van der Waals surface area contributed by atoms with Gasteiger partial charge in [-0.3, -0.25) is 14.9 Å². The molecule has 9 nitrogen and oxygen atoms in total. The van der Waals surface area contributed by atoms with E-state index in [0.29, 0.717) is 4.34 Å². The van der Waals surface area contributed by atoms with Crippen LogP contribution < -0.4 is 10.6 Å². The van der Waals surface area contributed by atoms with Crippen molar-refractivity contribution in [2.75, 3.05) is 26.2 Å². The van der Waals surface area contributed by atoms with E-state index in [1.807, 2.05) is 0 Å². The number of urea groups is 1. The van der Waals surface area contributed by atoms with Gasteiger partial charge in [0.25, 0.3) is 15.9 Å². The van der Waals surface area contributed by atoms with Gasteiger partial charge in [-0.25, -0.2) is 13.2 Å². The third-order valence-corrected chi connectivity index (χ3v) is 7.84. The van der Waals surface area contributed by atoms with Gasteiger partial charge in [-0.1, -0.05) is 11.6 Å². The van der Waals surface area contributed by atoms with E-state index >= 15 is 0 Å². The number of imide groups is 1. The minimum Gasteiger partial charge on any atom is -0.340 e. The molecule has 3 heterocycles. The van der Waals surface area contributed by atoms with Crippen LogP contribution in [0.3, 0.4) is 0 Å². The zero-order chi connectivity index (χ0) is 18.9. The molecule has 12 heteroatoms. The lowest BCUT2D eigenvalue weighted by Crippen LogP contribution is -2.50. The molecule has 142 valence electrons. The fourth-order valence-electron chi connectivity index (χ4n) is 2.83. The van der Waals surface area contributed by atoms with Crippen molar-refractivity contribution in [1.29, 1.82) is 0 Å². The Morgan fingerprint density at radius 2 is 1.92 bits per heavy atom. The lowest BCUT2D eigenvalue weighted by atomic mass is 10.1. The molecule has 1 aromatic heterocycles. The van der Waals surface area contributed by atoms with Gasteiger partial charge in [-0.2, -0.15) is 4.31 Å². The summed E-state index contributed by atoms with van der Waals surface area (Å²) in [6, 6.07) is 1.76. The molecule has 0 aromatic carbocycles. The van der Waals surface area contributed by atoms with E-state index in [0.717, 1.165) is 11.3 Å². The lowest BCUT2D eigenvalue weighted by molar-refractivity contribution is -0.132. The quantitative estimate of drug-likeness (QED) is 0.661. The van der Waals surface area contributed by atoms with E-state index in [1.165, 1.54) is 16.4 Å². The third kappa shape index (κ3) is 4.00. The fourth-order valence-corrected chi connectivity index (χ4v) is 5.89. The Morgan fingerprint density at radius 1 is 1.23 bits per heavy atom. The second-order valence-electron chi connectivity index (χ2n) is 5.90. The van der Waals surface area contributed by atoms with E-state index < -0.39 is 28.0 Å². The van der Waals surface area contributed by atoms with Crippen molar-refractivity contribution in [3.63, 3.8) is 0 Å². The second kappa shape index (κ2) is 7.51. The number of carbonyl (C=O) groups excluding carboxylic acids is 3. The van der Waals surface area contributed by atoms with Crippen molar-refractivity contribution in [2.24, 2.45) is 0 Å². The van der Waals surface area contributed by atoms with E-state index in [1.54, 1.807) is 4.90 Å². The van der Waals surface area contributed by atoms with Crippen molar-refractivity contribution in [3.8, 4) is 0 Å². The highest BCUT2D eigenvalue weighted by Crippen LogP contribution is 2.28. The highest BCUT2D eigenvalue weighted by molar-refractivity contribution is 7.91. The smallest absolute Gasteiger partial charge is 0.322 e. The van der Waals surface area contributed by atoms with Crippen LogP contribution in [0.1, 0.15) is 12.8 Å². The topological polar surface area (TPSA) is 116 Å². The summed E-state index contributed by atoms with van der Waals surface area (Å²) in [5.41, 5.74) is 0. The van der Waals surface area contributed by atoms with E-state index in [-0.39, 0.29) is 49.1 Å². The Morgan fingerprint density at radius 3 is 2.46 bits per heavy atom. The van der Waals surface area contributed by atoms with Crippen molar-refractivity contribution < 1.29 is 22.8 Å². The number of carbonyl (C=O) groups is 3. The fraction of sp³-hybridized carbons (Fsp3) is 0.500. The summed E-state index contributed by atoms with van der Waals surface area (Å²) >= 11 is 6.81. The summed E-state index contributed by atoms with van der Waals surface area (Å²) in [6.07, 6.45) is 0.314. The largest absolute Gasteiger partial charge is 0.340 e. The molecule has 2 aliphatic rings. The zero-order valence-corrected chi connectivity index (χ0v) is 16.0. The van der Waals surface area contributed by atoms with Gasteiger partial charge < -0.3 is 10.2 Å². The summed E-state index contributed by atoms with van der Waals surface area (Å²) in [5.74, 6) is -0.608. The Hall–Kier alpha value is -1.69. The molecule has 1 aromatic rings. The molecule has 2 fully saturated rings. The van der Waals surface area contributed by atoms with Crippen LogP contribution in [0.25, 0.3) is 0 Å². The van der Waals surface area contributed by atoms with E-state index in [4.69, 9.17) is 11.6 Å².